The second-order valence-corrected chi connectivity index (χ2v) is 11.1. The number of carbonyl (C=O) groups excluding carboxylic acids is 3. The van der Waals surface area contributed by atoms with Gasteiger partial charge in [-0.05, 0) is 49.2 Å². The summed E-state index contributed by atoms with van der Waals surface area (Å²) in [6.45, 7) is 7.75. The van der Waals surface area contributed by atoms with Crippen molar-refractivity contribution in [3.63, 3.8) is 0 Å². The molecular weight excluding hydrogens is 582 g/mol. The Hall–Kier alpha value is -5.29. The van der Waals surface area contributed by atoms with E-state index >= 15 is 0 Å². The Labute approximate surface area is 255 Å². The lowest BCUT2D eigenvalue weighted by atomic mass is 9.96. The van der Waals surface area contributed by atoms with Gasteiger partial charge in [0.15, 0.2) is 4.80 Å². The summed E-state index contributed by atoms with van der Waals surface area (Å²) in [6.07, 6.45) is 3.57. The number of esters is 2. The van der Waals surface area contributed by atoms with Crippen LogP contribution >= 0.6 is 11.3 Å². The predicted octanol–water partition coefficient (Wildman–Crippen LogP) is 3.90. The van der Waals surface area contributed by atoms with E-state index in [2.05, 4.69) is 11.6 Å². The van der Waals surface area contributed by atoms with E-state index in [1.54, 1.807) is 42.2 Å². The summed E-state index contributed by atoms with van der Waals surface area (Å²) >= 11 is 1.11. The van der Waals surface area contributed by atoms with E-state index in [4.69, 9.17) is 13.9 Å². The average Bonchev–Trinajstić information content (AvgIpc) is 3.74. The van der Waals surface area contributed by atoms with Gasteiger partial charge in [0.05, 0.1) is 34.8 Å². The van der Waals surface area contributed by atoms with Crippen molar-refractivity contribution >= 4 is 40.4 Å². The van der Waals surface area contributed by atoms with Gasteiger partial charge in [0, 0.05) is 12.1 Å². The number of benzene rings is 2. The van der Waals surface area contributed by atoms with Gasteiger partial charge in [0.2, 0.25) is 5.76 Å². The highest BCUT2D eigenvalue weighted by atomic mass is 32.1. The number of aromatic nitrogens is 1. The highest BCUT2D eigenvalue weighted by molar-refractivity contribution is 7.07. The van der Waals surface area contributed by atoms with Crippen molar-refractivity contribution < 1.29 is 28.3 Å². The van der Waals surface area contributed by atoms with Crippen LogP contribution in [0.15, 0.2) is 105 Å². The molecule has 0 spiro atoms. The highest BCUT2D eigenvalue weighted by Gasteiger charge is 2.37. The van der Waals surface area contributed by atoms with Crippen LogP contribution in [-0.4, -0.2) is 35.6 Å². The maximum absolute atomic E-state index is 14.3. The van der Waals surface area contributed by atoms with Crippen molar-refractivity contribution in [2.45, 2.75) is 26.3 Å². The van der Waals surface area contributed by atoms with Crippen LogP contribution in [-0.2, 0) is 14.3 Å². The molecule has 222 valence electrons. The first-order valence-corrected chi connectivity index (χ1v) is 14.8. The second kappa shape index (κ2) is 11.8. The van der Waals surface area contributed by atoms with Crippen LogP contribution in [0.5, 0.6) is 5.75 Å². The number of allylic oxidation sites excluding steroid dienone is 1. The largest absolute Gasteiger partial charge is 0.458 e. The Bertz CT molecular complexity index is 2020. The van der Waals surface area contributed by atoms with E-state index < -0.39 is 23.5 Å². The minimum atomic E-state index is -0.925. The van der Waals surface area contributed by atoms with Crippen LogP contribution in [0.25, 0.3) is 5.57 Å². The number of para-hydroxylation sites is 1. The molecule has 11 heteroatoms. The Morgan fingerprint density at radius 2 is 1.84 bits per heavy atom. The van der Waals surface area contributed by atoms with Crippen molar-refractivity contribution in [3.05, 3.63) is 127 Å². The van der Waals surface area contributed by atoms with E-state index in [0.29, 0.717) is 33.7 Å². The van der Waals surface area contributed by atoms with E-state index in [1.807, 2.05) is 31.2 Å². The fraction of sp³-hybridized carbons (Fsp3) is 0.182. The van der Waals surface area contributed by atoms with Crippen LogP contribution in [0.2, 0.25) is 0 Å². The second-order valence-electron chi connectivity index (χ2n) is 10.1. The van der Waals surface area contributed by atoms with Crippen molar-refractivity contribution in [2.75, 3.05) is 18.1 Å². The molecule has 0 N–H and O–H groups in total. The SMILES string of the molecule is C=CCOC(=O)C1=C(C)N=c2sc(=C3C(=O)N(CCC)c4ccccc43)c(=O)n2C1c1ccc(OC(=O)c2ccco2)cc1. The minimum absolute atomic E-state index is 0.0306. The third kappa shape index (κ3) is 4.90. The molecule has 0 bridgehead atoms. The van der Waals surface area contributed by atoms with E-state index in [9.17, 15) is 19.2 Å². The number of ether oxygens (including phenoxy) is 2. The monoisotopic (exact) mass is 609 g/mol. The van der Waals surface area contributed by atoms with Crippen LogP contribution in [0, 0.1) is 0 Å². The number of anilines is 1. The number of thiazole rings is 1. The molecule has 4 heterocycles. The summed E-state index contributed by atoms with van der Waals surface area (Å²) in [5.74, 6) is -1.28. The summed E-state index contributed by atoms with van der Waals surface area (Å²) in [5, 5.41) is 0. The van der Waals surface area contributed by atoms with Gasteiger partial charge < -0.3 is 18.8 Å². The molecule has 44 heavy (non-hydrogen) atoms. The summed E-state index contributed by atoms with van der Waals surface area (Å²) < 4.78 is 17.6. The summed E-state index contributed by atoms with van der Waals surface area (Å²) in [5.41, 5.74) is 2.38. The molecule has 0 fully saturated rings. The van der Waals surface area contributed by atoms with Gasteiger partial charge in [-0.15, -0.1) is 0 Å². The van der Waals surface area contributed by atoms with Crippen molar-refractivity contribution in [3.8, 4) is 5.75 Å². The first-order chi connectivity index (χ1) is 21.3. The molecule has 2 aliphatic heterocycles. The lowest BCUT2D eigenvalue weighted by molar-refractivity contribution is -0.138. The first kappa shape index (κ1) is 28.8. The number of nitrogens with zero attached hydrogens (tertiary/aromatic N) is 3. The number of amides is 1. The number of furan rings is 1. The molecule has 6 rings (SSSR count). The molecule has 1 unspecified atom stereocenters. The fourth-order valence-corrected chi connectivity index (χ4v) is 6.51. The van der Waals surface area contributed by atoms with Crippen molar-refractivity contribution in [2.24, 2.45) is 4.99 Å². The number of fused-ring (bicyclic) bond motifs is 2. The average molecular weight is 610 g/mol. The quantitative estimate of drug-likeness (QED) is 0.169. The van der Waals surface area contributed by atoms with Gasteiger partial charge in [-0.1, -0.05) is 61.2 Å². The van der Waals surface area contributed by atoms with Gasteiger partial charge in [-0.25, -0.2) is 14.6 Å². The van der Waals surface area contributed by atoms with Crippen LogP contribution in [0.1, 0.15) is 48.0 Å². The zero-order chi connectivity index (χ0) is 31.0. The predicted molar refractivity (Wildman–Crippen MR) is 163 cm³/mol. The summed E-state index contributed by atoms with van der Waals surface area (Å²) in [4.78, 5) is 60.4. The molecule has 0 aliphatic carbocycles. The van der Waals surface area contributed by atoms with Crippen molar-refractivity contribution in [1.82, 2.24) is 4.57 Å². The van der Waals surface area contributed by atoms with E-state index in [0.717, 1.165) is 23.4 Å². The number of carbonyl (C=O) groups is 3. The number of hydrogen-bond acceptors (Lipinski definition) is 9. The number of rotatable bonds is 8. The van der Waals surface area contributed by atoms with E-state index in [1.165, 1.54) is 23.0 Å². The molecule has 0 saturated carbocycles. The Kier molecular flexibility index (Phi) is 7.71. The van der Waals surface area contributed by atoms with Crippen LogP contribution in [0.4, 0.5) is 5.69 Å². The van der Waals surface area contributed by atoms with Crippen LogP contribution < -0.4 is 24.5 Å². The lowest BCUT2D eigenvalue weighted by Crippen LogP contribution is -2.41. The third-order valence-electron chi connectivity index (χ3n) is 7.28. The van der Waals surface area contributed by atoms with Gasteiger partial charge in [0.1, 0.15) is 16.9 Å². The fourth-order valence-electron chi connectivity index (χ4n) is 5.38. The van der Waals surface area contributed by atoms with E-state index in [-0.39, 0.29) is 34.1 Å². The standard InChI is InChI=1S/C33H27N3O7S/c1-4-16-35-23-10-7-6-9-22(23)26(29(35)37)28-30(38)36-27(25(32(40)42-17-5-2)19(3)34-33(36)44-28)20-12-14-21(15-13-20)43-31(39)24-11-8-18-41-24/h5-15,18,27H,2,4,16-17H2,1,3H3. The molecule has 1 atom stereocenters. The Balaban J connectivity index is 1.50. The molecule has 2 aliphatic rings. The molecule has 2 aromatic carbocycles. The van der Waals surface area contributed by atoms with Gasteiger partial charge >= 0.3 is 11.9 Å². The summed E-state index contributed by atoms with van der Waals surface area (Å²) in [7, 11) is 0. The number of hydrogen-bond donors (Lipinski definition) is 0. The third-order valence-corrected chi connectivity index (χ3v) is 8.33. The smallest absolute Gasteiger partial charge is 0.379 e. The molecule has 1 amide bonds. The molecule has 0 radical (unpaired) electrons. The molecular formula is C33H27N3O7S. The zero-order valence-electron chi connectivity index (χ0n) is 23.9. The topological polar surface area (TPSA) is 120 Å². The molecule has 2 aromatic heterocycles. The Morgan fingerprint density at radius 1 is 1.07 bits per heavy atom. The van der Waals surface area contributed by atoms with Gasteiger partial charge in [-0.3, -0.25) is 14.2 Å². The molecule has 4 aromatic rings. The Morgan fingerprint density at radius 3 is 2.55 bits per heavy atom. The zero-order valence-corrected chi connectivity index (χ0v) is 24.8. The minimum Gasteiger partial charge on any atom is -0.458 e. The maximum atomic E-state index is 14.3. The maximum Gasteiger partial charge on any atom is 0.379 e. The van der Waals surface area contributed by atoms with Crippen molar-refractivity contribution in [1.29, 1.82) is 0 Å². The lowest BCUT2D eigenvalue weighted by Gasteiger charge is -2.24. The molecule has 10 nitrogen and oxygen atoms in total. The molecule has 0 saturated heterocycles. The highest BCUT2D eigenvalue weighted by Crippen LogP contribution is 2.36. The summed E-state index contributed by atoms with van der Waals surface area (Å²) in [6, 6.07) is 16.0. The van der Waals surface area contributed by atoms with Gasteiger partial charge in [-0.2, -0.15) is 0 Å². The normalized spacial score (nSPS) is 16.7. The first-order valence-electron chi connectivity index (χ1n) is 13.9. The van der Waals surface area contributed by atoms with Crippen LogP contribution in [0.3, 0.4) is 0 Å². The van der Waals surface area contributed by atoms with Gasteiger partial charge in [0.25, 0.3) is 11.5 Å².